The summed E-state index contributed by atoms with van der Waals surface area (Å²) in [4.78, 5) is 22.5. The number of nitrogens with one attached hydrogen (secondary N) is 1. The van der Waals surface area contributed by atoms with Crippen LogP contribution in [0.4, 0.5) is 13.2 Å². The Labute approximate surface area is 103 Å². The van der Waals surface area contributed by atoms with Crippen molar-refractivity contribution in [3.8, 4) is 0 Å². The zero-order valence-corrected chi connectivity index (χ0v) is 10.1. The van der Waals surface area contributed by atoms with E-state index in [1.165, 1.54) is 7.11 Å². The van der Waals surface area contributed by atoms with Crippen molar-refractivity contribution in [2.45, 2.75) is 38.3 Å². The van der Waals surface area contributed by atoms with Crippen LogP contribution in [0.3, 0.4) is 0 Å². The van der Waals surface area contributed by atoms with Crippen LogP contribution in [-0.2, 0) is 14.3 Å². The van der Waals surface area contributed by atoms with Gasteiger partial charge in [0.05, 0.1) is 12.5 Å². The van der Waals surface area contributed by atoms with E-state index in [4.69, 9.17) is 0 Å². The van der Waals surface area contributed by atoms with Crippen LogP contribution in [-0.4, -0.2) is 31.7 Å². The number of hydrogen-bond donors (Lipinski definition) is 1. The zero-order chi connectivity index (χ0) is 13.8. The van der Waals surface area contributed by atoms with Gasteiger partial charge in [-0.05, 0) is 12.8 Å². The van der Waals surface area contributed by atoms with Gasteiger partial charge in [0.15, 0.2) is 0 Å². The molecule has 0 bridgehead atoms. The second-order valence-corrected chi connectivity index (χ2v) is 4.51. The van der Waals surface area contributed by atoms with Gasteiger partial charge in [0.2, 0.25) is 0 Å². The number of alkyl halides is 3. The highest BCUT2D eigenvalue weighted by atomic mass is 19.4. The molecule has 1 fully saturated rings. The van der Waals surface area contributed by atoms with Crippen molar-refractivity contribution in [1.29, 1.82) is 0 Å². The number of ether oxygens (including phenoxy) is 1. The van der Waals surface area contributed by atoms with E-state index in [9.17, 15) is 22.8 Å². The summed E-state index contributed by atoms with van der Waals surface area (Å²) in [7, 11) is 1.20. The smallest absolute Gasteiger partial charge is 0.469 e. The van der Waals surface area contributed by atoms with Gasteiger partial charge in [-0.25, -0.2) is 0 Å². The highest BCUT2D eigenvalue weighted by Crippen LogP contribution is 2.37. The van der Waals surface area contributed by atoms with E-state index in [2.05, 4.69) is 4.74 Å². The number of methoxy groups -OCH3 is 1. The summed E-state index contributed by atoms with van der Waals surface area (Å²) in [5.41, 5.74) is -1.01. The minimum Gasteiger partial charge on any atom is -0.469 e. The first-order valence-electron chi connectivity index (χ1n) is 5.75. The maximum absolute atomic E-state index is 12.1. The monoisotopic (exact) mass is 267 g/mol. The third kappa shape index (κ3) is 3.36. The standard InChI is InChI=1S/C11H16F3NO3/c1-18-9(17)10(5-3-2-4-6-10)7-15-8(16)11(12,13)14/h2-7H2,1H3,(H,15,16). The molecule has 1 saturated carbocycles. The minimum atomic E-state index is -4.92. The Morgan fingerprint density at radius 2 is 1.78 bits per heavy atom. The molecule has 4 nitrogen and oxygen atoms in total. The second kappa shape index (κ2) is 5.58. The molecule has 0 spiro atoms. The van der Waals surface area contributed by atoms with Crippen LogP contribution in [0.15, 0.2) is 0 Å². The van der Waals surface area contributed by atoms with Crippen molar-refractivity contribution >= 4 is 11.9 Å². The number of esters is 1. The van der Waals surface area contributed by atoms with Crippen LogP contribution in [0, 0.1) is 5.41 Å². The Morgan fingerprint density at radius 1 is 1.22 bits per heavy atom. The molecule has 104 valence electrons. The Balaban J connectivity index is 2.68. The molecule has 0 aromatic heterocycles. The lowest BCUT2D eigenvalue weighted by atomic mass is 9.74. The zero-order valence-electron chi connectivity index (χ0n) is 10.1. The van der Waals surface area contributed by atoms with Gasteiger partial charge in [0.1, 0.15) is 0 Å². The fraction of sp³-hybridized carbons (Fsp3) is 0.818. The van der Waals surface area contributed by atoms with E-state index in [-0.39, 0.29) is 6.54 Å². The highest BCUT2D eigenvalue weighted by molar-refractivity contribution is 5.83. The lowest BCUT2D eigenvalue weighted by Crippen LogP contribution is -2.48. The first-order chi connectivity index (χ1) is 8.32. The molecular weight excluding hydrogens is 251 g/mol. The lowest BCUT2D eigenvalue weighted by molar-refractivity contribution is -0.175. The summed E-state index contributed by atoms with van der Waals surface area (Å²) >= 11 is 0. The van der Waals surface area contributed by atoms with Crippen molar-refractivity contribution < 1.29 is 27.5 Å². The molecule has 7 heteroatoms. The van der Waals surface area contributed by atoms with Gasteiger partial charge < -0.3 is 10.1 Å². The fourth-order valence-electron chi connectivity index (χ4n) is 2.25. The average Bonchev–Trinajstić information content (AvgIpc) is 2.34. The molecule has 0 aliphatic heterocycles. The topological polar surface area (TPSA) is 55.4 Å². The predicted molar refractivity (Wildman–Crippen MR) is 56.6 cm³/mol. The Morgan fingerprint density at radius 3 is 2.22 bits per heavy atom. The highest BCUT2D eigenvalue weighted by Gasteiger charge is 2.44. The molecule has 1 rings (SSSR count). The minimum absolute atomic E-state index is 0.321. The third-order valence-corrected chi connectivity index (χ3v) is 3.27. The molecule has 0 saturated heterocycles. The van der Waals surface area contributed by atoms with Gasteiger partial charge in [-0.2, -0.15) is 13.2 Å². The Bertz CT molecular complexity index is 322. The van der Waals surface area contributed by atoms with Gasteiger partial charge in [-0.3, -0.25) is 9.59 Å². The largest absolute Gasteiger partial charge is 0.471 e. The molecule has 1 amide bonds. The summed E-state index contributed by atoms with van der Waals surface area (Å²) in [6.07, 6.45) is -1.61. The first-order valence-corrected chi connectivity index (χ1v) is 5.75. The Kier molecular flexibility index (Phi) is 4.59. The molecule has 1 aliphatic rings. The fourth-order valence-corrected chi connectivity index (χ4v) is 2.25. The molecule has 0 unspecified atom stereocenters. The molecule has 0 heterocycles. The average molecular weight is 267 g/mol. The van der Waals surface area contributed by atoms with Crippen molar-refractivity contribution in [2.24, 2.45) is 5.41 Å². The van der Waals surface area contributed by atoms with Crippen molar-refractivity contribution in [2.75, 3.05) is 13.7 Å². The van der Waals surface area contributed by atoms with Gasteiger partial charge >= 0.3 is 18.1 Å². The predicted octanol–water partition coefficient (Wildman–Crippen LogP) is 1.79. The molecular formula is C11H16F3NO3. The van der Waals surface area contributed by atoms with Crippen molar-refractivity contribution in [1.82, 2.24) is 5.32 Å². The third-order valence-electron chi connectivity index (χ3n) is 3.27. The van der Waals surface area contributed by atoms with Crippen LogP contribution in [0.25, 0.3) is 0 Å². The number of carbonyl (C=O) groups excluding carboxylic acids is 2. The Hall–Kier alpha value is -1.27. The number of halogens is 3. The molecule has 18 heavy (non-hydrogen) atoms. The van der Waals surface area contributed by atoms with Gasteiger partial charge in [-0.15, -0.1) is 0 Å². The summed E-state index contributed by atoms with van der Waals surface area (Å²) < 4.78 is 40.9. The molecule has 0 atom stereocenters. The first kappa shape index (κ1) is 14.8. The van der Waals surface area contributed by atoms with E-state index < -0.39 is 23.5 Å². The van der Waals surface area contributed by atoms with Crippen molar-refractivity contribution in [3.05, 3.63) is 0 Å². The van der Waals surface area contributed by atoms with Crippen LogP contribution in [0.1, 0.15) is 32.1 Å². The second-order valence-electron chi connectivity index (χ2n) is 4.51. The van der Waals surface area contributed by atoms with Gasteiger partial charge in [-0.1, -0.05) is 19.3 Å². The summed E-state index contributed by atoms with van der Waals surface area (Å²) in [5.74, 6) is -2.57. The van der Waals surface area contributed by atoms with Crippen molar-refractivity contribution in [3.63, 3.8) is 0 Å². The number of carbonyl (C=O) groups is 2. The van der Waals surface area contributed by atoms with E-state index in [1.54, 1.807) is 5.32 Å². The normalized spacial score (nSPS) is 19.1. The summed E-state index contributed by atoms with van der Waals surface area (Å²) in [6, 6.07) is 0. The lowest BCUT2D eigenvalue weighted by Gasteiger charge is -2.34. The van der Waals surface area contributed by atoms with E-state index in [1.807, 2.05) is 0 Å². The SMILES string of the molecule is COC(=O)C1(CNC(=O)C(F)(F)F)CCCCC1. The molecule has 0 radical (unpaired) electrons. The summed E-state index contributed by atoms with van der Waals surface area (Å²) in [5, 5.41) is 1.78. The van der Waals surface area contributed by atoms with E-state index in [0.29, 0.717) is 12.8 Å². The molecule has 0 aromatic carbocycles. The van der Waals surface area contributed by atoms with E-state index in [0.717, 1.165) is 19.3 Å². The summed E-state index contributed by atoms with van der Waals surface area (Å²) in [6.45, 7) is -0.321. The van der Waals surface area contributed by atoms with Gasteiger partial charge in [0, 0.05) is 6.54 Å². The molecule has 1 N–H and O–H groups in total. The number of rotatable bonds is 3. The van der Waals surface area contributed by atoms with Gasteiger partial charge in [0.25, 0.3) is 0 Å². The number of hydrogen-bond acceptors (Lipinski definition) is 3. The number of amides is 1. The van der Waals surface area contributed by atoms with Crippen LogP contribution in [0.2, 0.25) is 0 Å². The molecule has 0 aromatic rings. The quantitative estimate of drug-likeness (QED) is 0.793. The maximum Gasteiger partial charge on any atom is 0.471 e. The van der Waals surface area contributed by atoms with Crippen LogP contribution >= 0.6 is 0 Å². The van der Waals surface area contributed by atoms with Crippen LogP contribution < -0.4 is 5.32 Å². The molecule has 1 aliphatic carbocycles. The van der Waals surface area contributed by atoms with Crippen LogP contribution in [0.5, 0.6) is 0 Å². The van der Waals surface area contributed by atoms with E-state index >= 15 is 0 Å². The maximum atomic E-state index is 12.1.